The van der Waals surface area contributed by atoms with Gasteiger partial charge in [-0.3, -0.25) is 0 Å². The average molecular weight is 193 g/mol. The molecule has 0 fully saturated rings. The Kier molecular flexibility index (Phi) is 3.54. The zero-order chi connectivity index (χ0) is 10.6. The third-order valence-electron chi connectivity index (χ3n) is 1.93. The van der Waals surface area contributed by atoms with E-state index in [-0.39, 0.29) is 0 Å². The van der Waals surface area contributed by atoms with Crippen LogP contribution in [0.15, 0.2) is 28.9 Å². The smallest absolute Gasteiger partial charge is 0.189 e. The van der Waals surface area contributed by atoms with E-state index >= 15 is 0 Å². The van der Waals surface area contributed by atoms with Gasteiger partial charge in [-0.1, -0.05) is 19.9 Å². The van der Waals surface area contributed by atoms with Gasteiger partial charge < -0.3 is 9.25 Å². The van der Waals surface area contributed by atoms with Crippen molar-refractivity contribution in [3.63, 3.8) is 0 Å². The summed E-state index contributed by atoms with van der Waals surface area (Å²) in [5.74, 6) is 5.64. The maximum Gasteiger partial charge on any atom is 0.189 e. The van der Waals surface area contributed by atoms with E-state index in [1.165, 1.54) is 0 Å². The van der Waals surface area contributed by atoms with Crippen molar-refractivity contribution in [2.24, 2.45) is 5.90 Å². The lowest BCUT2D eigenvalue weighted by atomic mass is 10.1. The summed E-state index contributed by atoms with van der Waals surface area (Å²) in [5, 5.41) is 1.04. The maximum atomic E-state index is 5.22. The molecule has 76 valence electrons. The summed E-state index contributed by atoms with van der Waals surface area (Å²) < 4.78 is 5.22. The molecule has 0 amide bonds. The Morgan fingerprint density at radius 1 is 1.21 bits per heavy atom. The molecule has 1 aromatic carbocycles. The molecule has 2 N–H and O–H groups in total. The van der Waals surface area contributed by atoms with Crippen LogP contribution in [0.2, 0.25) is 0 Å². The molecule has 0 bridgehead atoms. The number of furan rings is 1. The fourth-order valence-electron chi connectivity index (χ4n) is 1.27. The summed E-state index contributed by atoms with van der Waals surface area (Å²) in [4.78, 5) is 4.65. The van der Waals surface area contributed by atoms with Crippen LogP contribution >= 0.6 is 0 Å². The largest absolute Gasteiger partial charge is 0.460 e. The molecule has 0 aliphatic heterocycles. The van der Waals surface area contributed by atoms with Gasteiger partial charge in [0.25, 0.3) is 0 Å². The number of benzene rings is 1. The molecule has 0 saturated heterocycles. The predicted octanol–water partition coefficient (Wildman–Crippen LogP) is 3.02. The minimum Gasteiger partial charge on any atom is -0.460 e. The highest BCUT2D eigenvalue weighted by Crippen LogP contribution is 2.28. The molecule has 14 heavy (non-hydrogen) atoms. The van der Waals surface area contributed by atoms with E-state index in [0.717, 1.165) is 10.9 Å². The maximum absolute atomic E-state index is 5.22. The third-order valence-corrected chi connectivity index (χ3v) is 1.93. The van der Waals surface area contributed by atoms with Crippen LogP contribution in [-0.2, 0) is 0 Å². The normalized spacial score (nSPS) is 9.43. The molecule has 2 aromatic rings. The lowest BCUT2D eigenvalue weighted by Gasteiger charge is -2.00. The fraction of sp³-hybridized carbons (Fsp3) is 0.273. The van der Waals surface area contributed by atoms with E-state index in [2.05, 4.69) is 4.84 Å². The Labute approximate surface area is 83.4 Å². The van der Waals surface area contributed by atoms with Crippen molar-refractivity contribution in [2.45, 2.75) is 20.8 Å². The second-order valence-electron chi connectivity index (χ2n) is 2.66. The van der Waals surface area contributed by atoms with Crippen LogP contribution < -0.4 is 10.7 Å². The molecule has 1 aromatic heterocycles. The van der Waals surface area contributed by atoms with Gasteiger partial charge in [-0.25, -0.2) is 0 Å². The number of aryl methyl sites for hydroxylation is 1. The Morgan fingerprint density at radius 2 is 1.93 bits per heavy atom. The van der Waals surface area contributed by atoms with Gasteiger partial charge in [-0.2, -0.15) is 5.90 Å². The van der Waals surface area contributed by atoms with Gasteiger partial charge >= 0.3 is 0 Å². The van der Waals surface area contributed by atoms with Crippen molar-refractivity contribution in [1.29, 1.82) is 0 Å². The third kappa shape index (κ3) is 1.72. The van der Waals surface area contributed by atoms with Gasteiger partial charge in [-0.05, 0) is 24.6 Å². The van der Waals surface area contributed by atoms with Crippen LogP contribution in [0.25, 0.3) is 11.0 Å². The summed E-state index contributed by atoms with van der Waals surface area (Å²) in [6.45, 7) is 6.01. The van der Waals surface area contributed by atoms with E-state index < -0.39 is 0 Å². The van der Waals surface area contributed by atoms with Crippen LogP contribution in [0.3, 0.4) is 0 Å². The standard InChI is InChI=1S/C9H9NO2.C2H6/c1-6-2-3-8(12-10)9-7(6)4-5-11-9;1-2/h2-5H,10H2,1H3;1-2H3. The molecule has 2 rings (SSSR count). The fourth-order valence-corrected chi connectivity index (χ4v) is 1.27. The van der Waals surface area contributed by atoms with Crippen LogP contribution in [0.5, 0.6) is 5.75 Å². The van der Waals surface area contributed by atoms with E-state index in [4.69, 9.17) is 10.3 Å². The first-order chi connectivity index (χ1) is 6.83. The summed E-state index contributed by atoms with van der Waals surface area (Å²) in [7, 11) is 0. The first kappa shape index (κ1) is 10.6. The SMILES string of the molecule is CC.Cc1ccc(ON)c2occc12. The summed E-state index contributed by atoms with van der Waals surface area (Å²) >= 11 is 0. The Hall–Kier alpha value is -1.48. The van der Waals surface area contributed by atoms with Crippen molar-refractivity contribution >= 4 is 11.0 Å². The molecule has 0 atom stereocenters. The van der Waals surface area contributed by atoms with E-state index in [9.17, 15) is 0 Å². The monoisotopic (exact) mass is 193 g/mol. The minimum absolute atomic E-state index is 0.570. The highest BCUT2D eigenvalue weighted by Gasteiger charge is 2.06. The predicted molar refractivity (Wildman–Crippen MR) is 57.1 cm³/mol. The van der Waals surface area contributed by atoms with E-state index in [1.807, 2.05) is 32.9 Å². The molecular formula is C11H15NO2. The molecule has 0 saturated carbocycles. The van der Waals surface area contributed by atoms with Crippen molar-refractivity contribution in [1.82, 2.24) is 0 Å². The lowest BCUT2D eigenvalue weighted by Crippen LogP contribution is -2.01. The molecule has 0 unspecified atom stereocenters. The number of fused-ring (bicyclic) bond motifs is 1. The van der Waals surface area contributed by atoms with Crippen molar-refractivity contribution in [3.05, 3.63) is 30.0 Å². The van der Waals surface area contributed by atoms with Gasteiger partial charge in [0, 0.05) is 5.39 Å². The summed E-state index contributed by atoms with van der Waals surface area (Å²) in [6.07, 6.45) is 1.63. The second-order valence-corrected chi connectivity index (χ2v) is 2.66. The summed E-state index contributed by atoms with van der Waals surface area (Å²) in [6, 6.07) is 5.63. The first-order valence-corrected chi connectivity index (χ1v) is 4.66. The number of hydrogen-bond acceptors (Lipinski definition) is 3. The highest BCUT2D eigenvalue weighted by molar-refractivity contribution is 5.85. The van der Waals surface area contributed by atoms with Gasteiger partial charge in [0.15, 0.2) is 11.3 Å². The van der Waals surface area contributed by atoms with Crippen molar-refractivity contribution in [2.75, 3.05) is 0 Å². The number of hydrogen-bond donors (Lipinski definition) is 1. The Bertz CT molecular complexity index is 407. The quantitative estimate of drug-likeness (QED) is 0.708. The van der Waals surface area contributed by atoms with Crippen molar-refractivity contribution in [3.8, 4) is 5.75 Å². The van der Waals surface area contributed by atoms with Crippen LogP contribution in [0.1, 0.15) is 19.4 Å². The molecule has 0 spiro atoms. The van der Waals surface area contributed by atoms with Crippen LogP contribution in [-0.4, -0.2) is 0 Å². The molecular weight excluding hydrogens is 178 g/mol. The topological polar surface area (TPSA) is 48.4 Å². The molecule has 0 radical (unpaired) electrons. The number of rotatable bonds is 1. The van der Waals surface area contributed by atoms with Gasteiger partial charge in [-0.15, -0.1) is 0 Å². The second kappa shape index (κ2) is 4.67. The van der Waals surface area contributed by atoms with E-state index in [0.29, 0.717) is 11.3 Å². The van der Waals surface area contributed by atoms with E-state index in [1.54, 1.807) is 12.3 Å². The Balaban J connectivity index is 0.000000461. The molecule has 0 aliphatic carbocycles. The van der Waals surface area contributed by atoms with Gasteiger partial charge in [0.2, 0.25) is 0 Å². The van der Waals surface area contributed by atoms with Crippen LogP contribution in [0, 0.1) is 6.92 Å². The lowest BCUT2D eigenvalue weighted by molar-refractivity contribution is 0.333. The highest BCUT2D eigenvalue weighted by atomic mass is 16.6. The van der Waals surface area contributed by atoms with Crippen LogP contribution in [0.4, 0.5) is 0 Å². The summed E-state index contributed by atoms with van der Waals surface area (Å²) in [5.41, 5.74) is 1.86. The van der Waals surface area contributed by atoms with Crippen molar-refractivity contribution < 1.29 is 9.25 Å². The number of nitrogens with two attached hydrogens (primary N) is 1. The van der Waals surface area contributed by atoms with Gasteiger partial charge in [0.1, 0.15) is 0 Å². The molecule has 3 nitrogen and oxygen atoms in total. The minimum atomic E-state index is 0.570. The average Bonchev–Trinajstić information content (AvgIpc) is 2.71. The Morgan fingerprint density at radius 3 is 2.57 bits per heavy atom. The molecule has 1 heterocycles. The molecule has 0 aliphatic rings. The zero-order valence-corrected chi connectivity index (χ0v) is 8.70. The first-order valence-electron chi connectivity index (χ1n) is 4.66. The van der Waals surface area contributed by atoms with Gasteiger partial charge in [0.05, 0.1) is 6.26 Å². The zero-order valence-electron chi connectivity index (χ0n) is 8.70. The molecule has 3 heteroatoms.